The van der Waals surface area contributed by atoms with Gasteiger partial charge in [-0.2, -0.15) is 10.3 Å². The third kappa shape index (κ3) is 3.99. The van der Waals surface area contributed by atoms with E-state index in [0.717, 1.165) is 12.1 Å². The molecule has 0 aliphatic heterocycles. The maximum atomic E-state index is 11.7. The summed E-state index contributed by atoms with van der Waals surface area (Å²) in [6.07, 6.45) is 0. The SMILES string of the molecule is N#C/C(=N/N(C(=O)CCl)c1ccc([N+](=O)[O-])cc1)C(N)=O. The minimum absolute atomic E-state index is 0.0975. The summed E-state index contributed by atoms with van der Waals surface area (Å²) in [7, 11) is 0. The predicted molar refractivity (Wildman–Crippen MR) is 73.5 cm³/mol. The average Bonchev–Trinajstić information content (AvgIpc) is 2.47. The Morgan fingerprint density at radius 2 is 2.00 bits per heavy atom. The lowest BCUT2D eigenvalue weighted by Crippen LogP contribution is -2.31. The van der Waals surface area contributed by atoms with Crippen LogP contribution < -0.4 is 10.7 Å². The summed E-state index contributed by atoms with van der Waals surface area (Å²) in [5.41, 5.74) is 4.12. The second-order valence-electron chi connectivity index (χ2n) is 3.54. The summed E-state index contributed by atoms with van der Waals surface area (Å²) < 4.78 is 0. The third-order valence-electron chi connectivity index (χ3n) is 2.19. The minimum Gasteiger partial charge on any atom is -0.364 e. The molecule has 0 radical (unpaired) electrons. The molecular formula is C11H8ClN5O4. The van der Waals surface area contributed by atoms with E-state index in [-0.39, 0.29) is 11.4 Å². The molecule has 2 N–H and O–H groups in total. The van der Waals surface area contributed by atoms with Crippen molar-refractivity contribution in [1.82, 2.24) is 0 Å². The van der Waals surface area contributed by atoms with Gasteiger partial charge >= 0.3 is 0 Å². The molecule has 0 aromatic heterocycles. The number of hydrazone groups is 1. The molecule has 1 aromatic carbocycles. The van der Waals surface area contributed by atoms with Crippen LogP contribution in [0.1, 0.15) is 0 Å². The molecule has 0 atom stereocenters. The molecule has 108 valence electrons. The molecular weight excluding hydrogens is 302 g/mol. The van der Waals surface area contributed by atoms with Crippen molar-refractivity contribution in [2.24, 2.45) is 10.8 Å². The first-order chi connectivity index (χ1) is 9.90. The van der Waals surface area contributed by atoms with Crippen LogP contribution in [0.5, 0.6) is 0 Å². The number of carbonyl (C=O) groups excluding carboxylic acids is 2. The molecule has 1 rings (SSSR count). The van der Waals surface area contributed by atoms with Gasteiger partial charge in [0.05, 0.1) is 10.6 Å². The van der Waals surface area contributed by atoms with Gasteiger partial charge in [-0.05, 0) is 12.1 Å². The number of nitrogens with zero attached hydrogens (tertiary/aromatic N) is 4. The van der Waals surface area contributed by atoms with Crippen molar-refractivity contribution in [2.45, 2.75) is 0 Å². The Balaban J connectivity index is 3.26. The van der Waals surface area contributed by atoms with Gasteiger partial charge in [0, 0.05) is 12.1 Å². The normalized spacial score (nSPS) is 10.6. The molecule has 10 heteroatoms. The van der Waals surface area contributed by atoms with Crippen molar-refractivity contribution >= 4 is 40.5 Å². The quantitative estimate of drug-likeness (QED) is 0.365. The zero-order valence-corrected chi connectivity index (χ0v) is 11.1. The van der Waals surface area contributed by atoms with Crippen molar-refractivity contribution in [3.63, 3.8) is 0 Å². The number of rotatable bonds is 5. The van der Waals surface area contributed by atoms with Gasteiger partial charge in [-0.25, -0.2) is 0 Å². The highest BCUT2D eigenvalue weighted by atomic mass is 35.5. The Bertz CT molecular complexity index is 650. The molecule has 2 amide bonds. The van der Waals surface area contributed by atoms with Gasteiger partial charge in [-0.15, -0.1) is 16.7 Å². The van der Waals surface area contributed by atoms with E-state index < -0.39 is 28.3 Å². The molecule has 0 saturated carbocycles. The van der Waals surface area contributed by atoms with Gasteiger partial charge < -0.3 is 5.73 Å². The standard InChI is InChI=1S/C11H8ClN5O4/c12-5-10(18)16(15-9(6-13)11(14)19)7-1-3-8(4-2-7)17(20)21/h1-4H,5H2,(H2,14,19)/b15-9-. The van der Waals surface area contributed by atoms with E-state index in [4.69, 9.17) is 22.6 Å². The number of amides is 2. The number of nitro benzene ring substituents is 1. The van der Waals surface area contributed by atoms with Crippen molar-refractivity contribution in [2.75, 3.05) is 10.9 Å². The van der Waals surface area contributed by atoms with Crippen LogP contribution in [-0.2, 0) is 9.59 Å². The third-order valence-corrected chi connectivity index (χ3v) is 2.42. The lowest BCUT2D eigenvalue weighted by molar-refractivity contribution is -0.384. The molecule has 1 aromatic rings. The summed E-state index contributed by atoms with van der Waals surface area (Å²) in [4.78, 5) is 32.6. The Kier molecular flexibility index (Phi) is 5.33. The van der Waals surface area contributed by atoms with Gasteiger partial charge in [0.15, 0.2) is 0 Å². The summed E-state index contributed by atoms with van der Waals surface area (Å²) in [6, 6.07) is 6.16. The fraction of sp³-hybridized carbons (Fsp3) is 0.0909. The fourth-order valence-electron chi connectivity index (χ4n) is 1.26. The lowest BCUT2D eigenvalue weighted by Gasteiger charge is -2.15. The first kappa shape index (κ1) is 16.1. The number of hydrogen-bond acceptors (Lipinski definition) is 6. The lowest BCUT2D eigenvalue weighted by atomic mass is 10.3. The Hall–Kier alpha value is -2.99. The van der Waals surface area contributed by atoms with E-state index in [2.05, 4.69) is 5.10 Å². The molecule has 9 nitrogen and oxygen atoms in total. The minimum atomic E-state index is -1.12. The van der Waals surface area contributed by atoms with Crippen LogP contribution in [0.25, 0.3) is 0 Å². The van der Waals surface area contributed by atoms with Crippen LogP contribution in [-0.4, -0.2) is 28.3 Å². The van der Waals surface area contributed by atoms with Crippen LogP contribution in [0.3, 0.4) is 0 Å². The smallest absolute Gasteiger partial charge is 0.280 e. The highest BCUT2D eigenvalue weighted by molar-refractivity contribution is 6.45. The van der Waals surface area contributed by atoms with Crippen LogP contribution in [0, 0.1) is 21.4 Å². The Morgan fingerprint density at radius 3 is 2.38 bits per heavy atom. The monoisotopic (exact) mass is 309 g/mol. The molecule has 0 aliphatic carbocycles. The van der Waals surface area contributed by atoms with Gasteiger partial charge in [-0.3, -0.25) is 19.7 Å². The zero-order chi connectivity index (χ0) is 16.0. The number of nitriles is 1. The van der Waals surface area contributed by atoms with Crippen molar-refractivity contribution < 1.29 is 14.5 Å². The van der Waals surface area contributed by atoms with Gasteiger partial charge in [0.25, 0.3) is 17.5 Å². The van der Waals surface area contributed by atoms with E-state index >= 15 is 0 Å². The highest BCUT2D eigenvalue weighted by Gasteiger charge is 2.18. The van der Waals surface area contributed by atoms with Gasteiger partial charge in [0.2, 0.25) is 5.71 Å². The number of halogens is 1. The molecule has 0 bridgehead atoms. The van der Waals surface area contributed by atoms with Gasteiger partial charge in [0.1, 0.15) is 11.9 Å². The first-order valence-electron chi connectivity index (χ1n) is 5.32. The number of benzene rings is 1. The van der Waals surface area contributed by atoms with E-state index in [1.165, 1.54) is 18.2 Å². The molecule has 0 spiro atoms. The highest BCUT2D eigenvalue weighted by Crippen LogP contribution is 2.20. The van der Waals surface area contributed by atoms with Crippen LogP contribution in [0.15, 0.2) is 29.4 Å². The van der Waals surface area contributed by atoms with E-state index in [9.17, 15) is 19.7 Å². The number of non-ortho nitro benzene ring substituents is 1. The van der Waals surface area contributed by atoms with Crippen LogP contribution in [0.4, 0.5) is 11.4 Å². The van der Waals surface area contributed by atoms with Gasteiger partial charge in [-0.1, -0.05) is 0 Å². The molecule has 0 unspecified atom stereocenters. The largest absolute Gasteiger partial charge is 0.364 e. The van der Waals surface area contributed by atoms with Crippen molar-refractivity contribution in [3.05, 3.63) is 34.4 Å². The maximum absolute atomic E-state index is 11.7. The number of anilines is 1. The second kappa shape index (κ2) is 6.97. The van der Waals surface area contributed by atoms with Crippen molar-refractivity contribution in [3.8, 4) is 6.07 Å². The molecule has 0 aliphatic rings. The fourth-order valence-corrected chi connectivity index (χ4v) is 1.37. The molecule has 0 saturated heterocycles. The second-order valence-corrected chi connectivity index (χ2v) is 3.80. The predicted octanol–water partition coefficient (Wildman–Crippen LogP) is 0.531. The van der Waals surface area contributed by atoms with Crippen molar-refractivity contribution in [1.29, 1.82) is 5.26 Å². The number of hydrogen-bond donors (Lipinski definition) is 1. The zero-order valence-electron chi connectivity index (χ0n) is 10.4. The summed E-state index contributed by atoms with van der Waals surface area (Å²) in [5.74, 6) is -2.33. The number of nitrogens with two attached hydrogens (primary N) is 1. The number of primary amides is 1. The van der Waals surface area contributed by atoms with E-state index in [1.807, 2.05) is 0 Å². The van der Waals surface area contributed by atoms with Crippen LogP contribution in [0.2, 0.25) is 0 Å². The number of nitro groups is 1. The summed E-state index contributed by atoms with van der Waals surface area (Å²) in [5, 5.41) is 23.5. The average molecular weight is 310 g/mol. The number of carbonyl (C=O) groups is 2. The summed E-state index contributed by atoms with van der Waals surface area (Å²) in [6.45, 7) is 0. The maximum Gasteiger partial charge on any atom is 0.280 e. The number of alkyl halides is 1. The first-order valence-corrected chi connectivity index (χ1v) is 5.86. The molecule has 0 heterocycles. The Labute approximate surface area is 123 Å². The summed E-state index contributed by atoms with van der Waals surface area (Å²) >= 11 is 5.42. The van der Waals surface area contributed by atoms with E-state index in [0.29, 0.717) is 5.01 Å². The Morgan fingerprint density at radius 1 is 1.43 bits per heavy atom. The molecule has 21 heavy (non-hydrogen) atoms. The van der Waals surface area contributed by atoms with E-state index in [1.54, 1.807) is 0 Å². The van der Waals surface area contributed by atoms with Crippen LogP contribution >= 0.6 is 11.6 Å². The molecule has 0 fully saturated rings. The topological polar surface area (TPSA) is 143 Å².